The Morgan fingerprint density at radius 1 is 0.964 bits per heavy atom. The van der Waals surface area contributed by atoms with Gasteiger partial charge in [-0.3, -0.25) is 29.0 Å². The molecule has 3 amide bonds. The Hall–Kier alpha value is -6.02. The van der Waals surface area contributed by atoms with Crippen molar-refractivity contribution in [2.24, 2.45) is 24.8 Å². The lowest BCUT2D eigenvalue weighted by atomic mass is 10.0. The highest BCUT2D eigenvalue weighted by Gasteiger charge is 2.32. The molecule has 14 heteroatoms. The van der Waals surface area contributed by atoms with Crippen molar-refractivity contribution in [3.63, 3.8) is 0 Å². The van der Waals surface area contributed by atoms with E-state index in [2.05, 4.69) is 15.6 Å². The molecule has 1 fully saturated rings. The fraction of sp³-hybridized carbons (Fsp3) is 0.381. The first kappa shape index (κ1) is 39.7. The monoisotopic (exact) mass is 763 g/mol. The molecule has 2 aromatic heterocycles. The number of nitrogens with one attached hydrogen (secondary N) is 2. The molecule has 2 atom stereocenters. The molecule has 2 aliphatic rings. The quantitative estimate of drug-likeness (QED) is 0.0820. The predicted molar refractivity (Wildman–Crippen MR) is 213 cm³/mol. The minimum atomic E-state index is -0.684. The highest BCUT2D eigenvalue weighted by Crippen LogP contribution is 2.34. The number of aromatic nitrogens is 2. The van der Waals surface area contributed by atoms with E-state index in [1.54, 1.807) is 54.5 Å². The maximum absolute atomic E-state index is 13.3. The molecule has 294 valence electrons. The minimum absolute atomic E-state index is 0.00423. The summed E-state index contributed by atoms with van der Waals surface area (Å²) in [4.78, 5) is 69.9. The van der Waals surface area contributed by atoms with Crippen molar-refractivity contribution < 1.29 is 33.4 Å². The SMILES string of the molecule is Cc1cc2c(cc1OCCCC(=O)Nc1cc(C(=O)Cc3ccc(-c4cc(C(=O)NCCCOC(=O)[C@H](C)N)n(C)c4)cc3)n(C)c1)N=C[C@@H]1CCCN1C2=O. The number of hydrogen-bond donors (Lipinski definition) is 3. The summed E-state index contributed by atoms with van der Waals surface area (Å²) in [5.74, 6) is -0.360. The van der Waals surface area contributed by atoms with Gasteiger partial charge in [0.1, 0.15) is 17.5 Å². The minimum Gasteiger partial charge on any atom is -0.493 e. The van der Waals surface area contributed by atoms with Crippen molar-refractivity contribution >= 4 is 47.1 Å². The van der Waals surface area contributed by atoms with Crippen LogP contribution in [0.25, 0.3) is 11.1 Å². The summed E-state index contributed by atoms with van der Waals surface area (Å²) >= 11 is 0. The Kier molecular flexibility index (Phi) is 12.5. The Bertz CT molecular complexity index is 2150. The van der Waals surface area contributed by atoms with Crippen LogP contribution in [0, 0.1) is 6.92 Å². The highest BCUT2D eigenvalue weighted by atomic mass is 16.5. The molecular weight excluding hydrogens is 715 g/mol. The first-order chi connectivity index (χ1) is 26.9. The number of rotatable bonds is 16. The third-order valence-electron chi connectivity index (χ3n) is 9.96. The number of amides is 3. The molecule has 2 aliphatic heterocycles. The fourth-order valence-electron chi connectivity index (χ4n) is 6.89. The van der Waals surface area contributed by atoms with Gasteiger partial charge in [-0.05, 0) is 74.4 Å². The van der Waals surface area contributed by atoms with Crippen LogP contribution in [0.5, 0.6) is 5.75 Å². The lowest BCUT2D eigenvalue weighted by Gasteiger charge is -2.20. The van der Waals surface area contributed by atoms with Crippen molar-refractivity contribution in [2.75, 3.05) is 31.6 Å². The van der Waals surface area contributed by atoms with Gasteiger partial charge in [0.2, 0.25) is 5.91 Å². The number of carbonyl (C=O) groups is 5. The van der Waals surface area contributed by atoms with E-state index in [-0.39, 0.29) is 49.0 Å². The number of Topliss-reactive ketones (excluding diaryl/α,β-unsaturated/α-hetero) is 1. The molecule has 4 N–H and O–H groups in total. The molecule has 1 saturated heterocycles. The molecule has 0 radical (unpaired) electrons. The van der Waals surface area contributed by atoms with Gasteiger partial charge >= 0.3 is 5.97 Å². The first-order valence-corrected chi connectivity index (χ1v) is 19.0. The van der Waals surface area contributed by atoms with Crippen LogP contribution in [0.4, 0.5) is 11.4 Å². The van der Waals surface area contributed by atoms with Gasteiger partial charge in [-0.25, -0.2) is 0 Å². The number of aryl methyl sites for hydroxylation is 3. The Morgan fingerprint density at radius 2 is 1.73 bits per heavy atom. The van der Waals surface area contributed by atoms with Crippen LogP contribution < -0.4 is 21.1 Å². The zero-order valence-corrected chi connectivity index (χ0v) is 32.3. The van der Waals surface area contributed by atoms with Gasteiger partial charge in [0.05, 0.1) is 41.9 Å². The fourth-order valence-corrected chi connectivity index (χ4v) is 6.89. The summed E-state index contributed by atoms with van der Waals surface area (Å²) in [7, 11) is 3.56. The second-order valence-electron chi connectivity index (χ2n) is 14.4. The van der Waals surface area contributed by atoms with E-state index in [1.807, 2.05) is 54.6 Å². The third-order valence-corrected chi connectivity index (χ3v) is 9.96. The van der Waals surface area contributed by atoms with Gasteiger partial charge in [0, 0.05) is 70.3 Å². The molecular formula is C42H49N7O7. The lowest BCUT2D eigenvalue weighted by Crippen LogP contribution is -2.35. The summed E-state index contributed by atoms with van der Waals surface area (Å²) < 4.78 is 14.5. The molecule has 4 aromatic rings. The van der Waals surface area contributed by atoms with Crippen LogP contribution in [0.2, 0.25) is 0 Å². The molecule has 0 spiro atoms. The van der Waals surface area contributed by atoms with Crippen LogP contribution in [0.3, 0.4) is 0 Å². The molecule has 56 heavy (non-hydrogen) atoms. The predicted octanol–water partition coefficient (Wildman–Crippen LogP) is 4.89. The van der Waals surface area contributed by atoms with Crippen molar-refractivity contribution in [1.29, 1.82) is 0 Å². The van der Waals surface area contributed by atoms with E-state index < -0.39 is 12.0 Å². The van der Waals surface area contributed by atoms with Crippen molar-refractivity contribution in [3.8, 4) is 16.9 Å². The Labute approximate surface area is 326 Å². The van der Waals surface area contributed by atoms with E-state index in [4.69, 9.17) is 15.2 Å². The number of anilines is 1. The number of hydrogen-bond acceptors (Lipinski definition) is 9. The molecule has 0 bridgehead atoms. The van der Waals surface area contributed by atoms with Gasteiger partial charge in [0.15, 0.2) is 5.78 Å². The van der Waals surface area contributed by atoms with Crippen molar-refractivity contribution in [1.82, 2.24) is 19.4 Å². The largest absolute Gasteiger partial charge is 0.493 e. The van der Waals surface area contributed by atoms with Gasteiger partial charge in [0.25, 0.3) is 11.8 Å². The summed E-state index contributed by atoms with van der Waals surface area (Å²) in [5.41, 5.74) is 11.6. The summed E-state index contributed by atoms with van der Waals surface area (Å²) in [5, 5.41) is 5.73. The smallest absolute Gasteiger partial charge is 0.322 e. The second-order valence-corrected chi connectivity index (χ2v) is 14.4. The van der Waals surface area contributed by atoms with E-state index >= 15 is 0 Å². The lowest BCUT2D eigenvalue weighted by molar-refractivity contribution is -0.144. The number of fused-ring (bicyclic) bond motifs is 2. The molecule has 0 unspecified atom stereocenters. The van der Waals surface area contributed by atoms with Crippen LogP contribution >= 0.6 is 0 Å². The maximum atomic E-state index is 13.3. The highest BCUT2D eigenvalue weighted by molar-refractivity contribution is 6.03. The van der Waals surface area contributed by atoms with E-state index in [1.165, 1.54) is 0 Å². The average Bonchev–Trinajstić information content (AvgIpc) is 3.89. The maximum Gasteiger partial charge on any atom is 0.322 e. The third kappa shape index (κ3) is 9.43. The molecule has 14 nitrogen and oxygen atoms in total. The number of ether oxygens (including phenoxy) is 2. The summed E-state index contributed by atoms with van der Waals surface area (Å²) in [6.45, 7) is 5.03. The number of nitrogens with zero attached hydrogens (tertiary/aromatic N) is 4. The van der Waals surface area contributed by atoms with Crippen LogP contribution in [0.1, 0.15) is 81.5 Å². The molecule has 0 saturated carbocycles. The summed E-state index contributed by atoms with van der Waals surface area (Å²) in [6.07, 6.45) is 8.68. The number of carbonyl (C=O) groups excluding carboxylic acids is 5. The number of aliphatic imine (C=N–C) groups is 1. The average molecular weight is 764 g/mol. The number of benzene rings is 2. The van der Waals surface area contributed by atoms with Gasteiger partial charge in [-0.1, -0.05) is 24.3 Å². The molecule has 2 aromatic carbocycles. The summed E-state index contributed by atoms with van der Waals surface area (Å²) in [6, 6.07) is 14.1. The topological polar surface area (TPSA) is 179 Å². The zero-order chi connectivity index (χ0) is 39.9. The molecule has 4 heterocycles. The van der Waals surface area contributed by atoms with Crippen molar-refractivity contribution in [3.05, 3.63) is 89.0 Å². The van der Waals surface area contributed by atoms with Crippen LogP contribution in [0.15, 0.2) is 65.9 Å². The molecule has 6 rings (SSSR count). The number of ketones is 1. The molecule has 0 aliphatic carbocycles. The zero-order valence-electron chi connectivity index (χ0n) is 32.3. The number of esters is 1. The Morgan fingerprint density at radius 3 is 2.50 bits per heavy atom. The Balaban J connectivity index is 0.951. The van der Waals surface area contributed by atoms with Gasteiger partial charge in [-0.2, -0.15) is 0 Å². The number of nitrogens with two attached hydrogens (primary N) is 1. The van der Waals surface area contributed by atoms with E-state index in [0.717, 1.165) is 41.6 Å². The van der Waals surface area contributed by atoms with Gasteiger partial charge in [-0.15, -0.1) is 0 Å². The van der Waals surface area contributed by atoms with Crippen LogP contribution in [-0.4, -0.2) is 88.1 Å². The van der Waals surface area contributed by atoms with Crippen molar-refractivity contribution in [2.45, 2.75) is 64.5 Å². The first-order valence-electron chi connectivity index (χ1n) is 19.0. The standard InChI is InChI=1S/C42H49N7O7/c1-26-18-33-34(45-23-32-8-5-15-49(32)41(33)53)22-38(26)55-16-6-9-39(51)46-31-21-35(48(4)25-31)37(50)19-28-10-12-29(13-11-28)30-20-36(47(3)24-30)40(52)44-14-7-17-56-42(54)27(2)43/h10-13,18,20-25,27,32H,5-9,14-17,19,43H2,1-4H3,(H,44,52)(H,46,51)/t27-,32-/m0/s1. The van der Waals surface area contributed by atoms with E-state index in [0.29, 0.717) is 60.1 Å². The van der Waals surface area contributed by atoms with Crippen LogP contribution in [-0.2, 0) is 34.8 Å². The second kappa shape index (κ2) is 17.6. The van der Waals surface area contributed by atoms with E-state index in [9.17, 15) is 24.0 Å². The normalized spacial score (nSPS) is 15.1. The van der Waals surface area contributed by atoms with Gasteiger partial charge < -0.3 is 39.9 Å².